The van der Waals surface area contributed by atoms with Crippen molar-refractivity contribution in [2.45, 2.75) is 50.5 Å². The maximum absolute atomic E-state index is 11.8. The Morgan fingerprint density at radius 2 is 2.12 bits per heavy atom. The minimum atomic E-state index is -0.753. The Morgan fingerprint density at radius 1 is 1.36 bits per heavy atom. The first-order valence-electron chi connectivity index (χ1n) is 8.44. The van der Waals surface area contributed by atoms with Crippen LogP contribution in [0.15, 0.2) is 18.5 Å². The molecule has 0 amide bonds. The van der Waals surface area contributed by atoms with Crippen LogP contribution in [0.3, 0.4) is 0 Å². The van der Waals surface area contributed by atoms with Crippen LogP contribution >= 0.6 is 24.4 Å². The molecular weight excluding hydrogens is 378 g/mol. The standard InChI is InChI=1S/C17H22ClN3O2S2/c1-3-15(21-24)13-8-20-17(14-9-19-16(18)7-12(13)14)23-10-5-11(6-10)25(22)4-2/h7-11,15,21,24H,3-6H2,1-2H3. The van der Waals surface area contributed by atoms with Gasteiger partial charge in [-0.25, -0.2) is 9.97 Å². The van der Waals surface area contributed by atoms with Gasteiger partial charge >= 0.3 is 0 Å². The minimum Gasteiger partial charge on any atom is -0.474 e. The van der Waals surface area contributed by atoms with E-state index in [0.717, 1.165) is 35.6 Å². The van der Waals surface area contributed by atoms with E-state index in [4.69, 9.17) is 16.3 Å². The zero-order valence-corrected chi connectivity index (χ0v) is 16.7. The van der Waals surface area contributed by atoms with Crippen LogP contribution in [-0.4, -0.2) is 31.3 Å². The monoisotopic (exact) mass is 399 g/mol. The number of ether oxygens (including phenoxy) is 1. The molecule has 2 unspecified atom stereocenters. The zero-order valence-electron chi connectivity index (χ0n) is 14.2. The number of aromatic nitrogens is 2. The number of hydrogen-bond acceptors (Lipinski definition) is 6. The van der Waals surface area contributed by atoms with E-state index < -0.39 is 10.8 Å². The first-order valence-corrected chi connectivity index (χ1v) is 10.7. The lowest BCUT2D eigenvalue weighted by molar-refractivity contribution is 0.121. The van der Waals surface area contributed by atoms with Crippen molar-refractivity contribution in [3.63, 3.8) is 0 Å². The van der Waals surface area contributed by atoms with E-state index in [1.54, 1.807) is 6.20 Å². The molecule has 2 atom stereocenters. The molecule has 1 aliphatic rings. The van der Waals surface area contributed by atoms with E-state index >= 15 is 0 Å². The Kier molecular flexibility index (Phi) is 6.20. The molecule has 2 aromatic rings. The second-order valence-corrected chi connectivity index (χ2v) is 8.81. The molecule has 136 valence electrons. The molecule has 1 saturated carbocycles. The van der Waals surface area contributed by atoms with Gasteiger partial charge in [0.2, 0.25) is 5.88 Å². The number of nitrogens with one attached hydrogen (secondary N) is 1. The number of fused-ring (bicyclic) bond motifs is 1. The molecule has 0 bridgehead atoms. The van der Waals surface area contributed by atoms with Crippen LogP contribution in [0.4, 0.5) is 0 Å². The molecule has 5 nitrogen and oxygen atoms in total. The Hall–Kier alpha value is -0.890. The molecule has 1 fully saturated rings. The molecule has 0 aliphatic heterocycles. The van der Waals surface area contributed by atoms with Gasteiger partial charge in [-0.05, 0) is 36.3 Å². The highest BCUT2D eigenvalue weighted by Gasteiger charge is 2.35. The van der Waals surface area contributed by atoms with E-state index in [1.165, 1.54) is 0 Å². The van der Waals surface area contributed by atoms with E-state index in [-0.39, 0.29) is 17.4 Å². The Bertz CT molecular complexity index is 780. The van der Waals surface area contributed by atoms with Crippen molar-refractivity contribution in [1.82, 2.24) is 14.7 Å². The number of pyridine rings is 2. The van der Waals surface area contributed by atoms with Crippen LogP contribution in [0, 0.1) is 0 Å². The summed E-state index contributed by atoms with van der Waals surface area (Å²) >= 11 is 10.3. The lowest BCUT2D eigenvalue weighted by Crippen LogP contribution is -2.41. The highest BCUT2D eigenvalue weighted by molar-refractivity contribution is 7.85. The summed E-state index contributed by atoms with van der Waals surface area (Å²) in [5.74, 6) is 1.26. The van der Waals surface area contributed by atoms with Crippen molar-refractivity contribution in [2.75, 3.05) is 5.75 Å². The fraction of sp³-hybridized carbons (Fsp3) is 0.529. The fourth-order valence-electron chi connectivity index (χ4n) is 3.08. The van der Waals surface area contributed by atoms with Gasteiger partial charge in [-0.1, -0.05) is 38.3 Å². The lowest BCUT2D eigenvalue weighted by atomic mass is 9.95. The molecule has 0 spiro atoms. The normalized spacial score (nSPS) is 22.4. The second-order valence-electron chi connectivity index (χ2n) is 6.16. The topological polar surface area (TPSA) is 64.1 Å². The number of thiol groups is 1. The van der Waals surface area contributed by atoms with Gasteiger partial charge in [0.1, 0.15) is 11.3 Å². The van der Waals surface area contributed by atoms with Crippen LogP contribution in [0.2, 0.25) is 5.15 Å². The molecule has 0 radical (unpaired) electrons. The number of nitrogens with zero attached hydrogens (tertiary/aromatic N) is 2. The number of hydrogen-bond donors (Lipinski definition) is 2. The summed E-state index contributed by atoms with van der Waals surface area (Å²) < 4.78 is 20.9. The van der Waals surface area contributed by atoms with Crippen LogP contribution in [-0.2, 0) is 10.8 Å². The summed E-state index contributed by atoms with van der Waals surface area (Å²) in [5.41, 5.74) is 1.02. The van der Waals surface area contributed by atoms with E-state index in [0.29, 0.717) is 16.8 Å². The highest BCUT2D eigenvalue weighted by atomic mass is 35.5. The maximum atomic E-state index is 11.8. The summed E-state index contributed by atoms with van der Waals surface area (Å²) in [7, 11) is -0.753. The third kappa shape index (κ3) is 3.94. The van der Waals surface area contributed by atoms with Crippen LogP contribution in [0.5, 0.6) is 5.88 Å². The summed E-state index contributed by atoms with van der Waals surface area (Å²) in [6.07, 6.45) is 6.06. The van der Waals surface area contributed by atoms with Crippen LogP contribution in [0.25, 0.3) is 10.8 Å². The van der Waals surface area contributed by atoms with Crippen molar-refractivity contribution >= 4 is 46.0 Å². The highest BCUT2D eigenvalue weighted by Crippen LogP contribution is 2.35. The fourth-order valence-corrected chi connectivity index (χ4v) is 4.89. The predicted octanol–water partition coefficient (Wildman–Crippen LogP) is 3.85. The molecular formula is C17H22ClN3O2S2. The van der Waals surface area contributed by atoms with Crippen molar-refractivity contribution in [3.05, 3.63) is 29.2 Å². The van der Waals surface area contributed by atoms with Gasteiger partial charge in [-0.3, -0.25) is 8.93 Å². The van der Waals surface area contributed by atoms with Gasteiger partial charge in [0.05, 0.1) is 5.39 Å². The first-order chi connectivity index (χ1) is 12.1. The average molecular weight is 400 g/mol. The van der Waals surface area contributed by atoms with E-state index in [1.807, 2.05) is 19.2 Å². The van der Waals surface area contributed by atoms with Gasteiger partial charge in [0.15, 0.2) is 0 Å². The van der Waals surface area contributed by atoms with Crippen molar-refractivity contribution in [3.8, 4) is 5.88 Å². The SMILES string of the molecule is CCC(NS)c1cnc(OC2CC(S(=O)CC)C2)c2cnc(Cl)cc12. The summed E-state index contributed by atoms with van der Waals surface area (Å²) in [4.78, 5) is 8.70. The molecule has 1 aliphatic carbocycles. The molecule has 0 saturated heterocycles. The second kappa shape index (κ2) is 8.20. The van der Waals surface area contributed by atoms with Crippen molar-refractivity contribution < 1.29 is 8.95 Å². The van der Waals surface area contributed by atoms with Gasteiger partial charge in [0.25, 0.3) is 0 Å². The largest absolute Gasteiger partial charge is 0.474 e. The average Bonchev–Trinajstić information content (AvgIpc) is 2.59. The third-order valence-electron chi connectivity index (χ3n) is 4.66. The van der Waals surface area contributed by atoms with Crippen molar-refractivity contribution in [2.24, 2.45) is 0 Å². The molecule has 25 heavy (non-hydrogen) atoms. The maximum Gasteiger partial charge on any atom is 0.223 e. The van der Waals surface area contributed by atoms with Gasteiger partial charge in [-0.15, -0.1) is 0 Å². The summed E-state index contributed by atoms with van der Waals surface area (Å²) in [6, 6.07) is 1.90. The Labute approximate surface area is 160 Å². The summed E-state index contributed by atoms with van der Waals surface area (Å²) in [5, 5.41) is 2.48. The van der Waals surface area contributed by atoms with Gasteiger partial charge in [-0.2, -0.15) is 0 Å². The number of rotatable bonds is 7. The molecule has 8 heteroatoms. The quantitative estimate of drug-likeness (QED) is 0.547. The molecule has 1 N–H and O–H groups in total. The molecule has 2 aromatic heterocycles. The number of halogens is 1. The molecule has 3 rings (SSSR count). The minimum absolute atomic E-state index is 0.0581. The third-order valence-corrected chi connectivity index (χ3v) is 6.87. The predicted molar refractivity (Wildman–Crippen MR) is 106 cm³/mol. The van der Waals surface area contributed by atoms with Crippen LogP contribution < -0.4 is 9.46 Å². The lowest BCUT2D eigenvalue weighted by Gasteiger charge is -2.34. The van der Waals surface area contributed by atoms with E-state index in [9.17, 15) is 4.21 Å². The van der Waals surface area contributed by atoms with Gasteiger partial charge in [0, 0.05) is 40.2 Å². The Morgan fingerprint density at radius 3 is 2.76 bits per heavy atom. The Balaban J connectivity index is 1.88. The molecule has 2 heterocycles. The van der Waals surface area contributed by atoms with E-state index in [2.05, 4.69) is 34.4 Å². The van der Waals surface area contributed by atoms with Crippen molar-refractivity contribution in [1.29, 1.82) is 0 Å². The molecule has 0 aromatic carbocycles. The van der Waals surface area contributed by atoms with Crippen LogP contribution in [0.1, 0.15) is 44.7 Å². The summed E-state index contributed by atoms with van der Waals surface area (Å²) in [6.45, 7) is 4.03. The zero-order chi connectivity index (χ0) is 18.0. The first kappa shape index (κ1) is 18.9. The van der Waals surface area contributed by atoms with Gasteiger partial charge < -0.3 is 4.74 Å². The smallest absolute Gasteiger partial charge is 0.223 e.